The van der Waals surface area contributed by atoms with Crippen molar-refractivity contribution in [3.8, 4) is 0 Å². The van der Waals surface area contributed by atoms with Crippen LogP contribution in [0.5, 0.6) is 0 Å². The van der Waals surface area contributed by atoms with E-state index < -0.39 is 27.1 Å². The summed E-state index contributed by atoms with van der Waals surface area (Å²) in [5.74, 6) is -3.35. The first-order valence-corrected chi connectivity index (χ1v) is 9.77. The quantitative estimate of drug-likeness (QED) is 0.270. The largest absolute Gasteiger partial charge is 0.330 e. The molecule has 1 heterocycles. The van der Waals surface area contributed by atoms with Gasteiger partial charge < -0.3 is 0 Å². The third-order valence-corrected chi connectivity index (χ3v) is 4.33. The zero-order valence-corrected chi connectivity index (χ0v) is 17.6. The minimum atomic E-state index is -2.32. The Bertz CT molecular complexity index is 987. The van der Waals surface area contributed by atoms with Gasteiger partial charge in [0, 0.05) is 6.42 Å². The molecule has 3 amide bonds. The highest BCUT2D eigenvalue weighted by molar-refractivity contribution is 6.76. The summed E-state index contributed by atoms with van der Waals surface area (Å²) in [4.78, 5) is 52.8. The molecule has 0 aliphatic rings. The zero-order valence-electron chi connectivity index (χ0n) is 15.3. The van der Waals surface area contributed by atoms with Gasteiger partial charge in [0.1, 0.15) is 5.82 Å². The molecule has 2 rings (SSSR count). The molecule has 12 heteroatoms. The topological polar surface area (TPSA) is 122 Å². The van der Waals surface area contributed by atoms with Gasteiger partial charge in [0.15, 0.2) is 0 Å². The van der Waals surface area contributed by atoms with Gasteiger partial charge in [0.05, 0.1) is 10.9 Å². The van der Waals surface area contributed by atoms with Gasteiger partial charge in [-0.25, -0.2) is 9.66 Å². The standard InChI is InChI=1S/C17H18Cl3N5O4/c1-2-3-4-9-12-21-11-8-6-5-7-10(11)15(28)25(12)24-14(27)13(26)22-23-16(29)17(18,19)20/h5-8H,2-4,9H2,1H3,(H,22,26)(H,23,29)(H,24,27). The Morgan fingerprint density at radius 1 is 1.07 bits per heavy atom. The van der Waals surface area contributed by atoms with Crippen molar-refractivity contribution in [3.05, 3.63) is 40.4 Å². The van der Waals surface area contributed by atoms with E-state index in [1.54, 1.807) is 35.1 Å². The van der Waals surface area contributed by atoms with Gasteiger partial charge in [-0.05, 0) is 18.6 Å². The van der Waals surface area contributed by atoms with Crippen LogP contribution in [0.15, 0.2) is 29.1 Å². The van der Waals surface area contributed by atoms with Crippen molar-refractivity contribution < 1.29 is 14.4 Å². The number of nitrogens with zero attached hydrogens (tertiary/aromatic N) is 2. The van der Waals surface area contributed by atoms with Crippen LogP contribution in [0.25, 0.3) is 10.9 Å². The predicted octanol–water partition coefficient (Wildman–Crippen LogP) is 1.72. The van der Waals surface area contributed by atoms with E-state index in [9.17, 15) is 19.2 Å². The lowest BCUT2D eigenvalue weighted by Crippen LogP contribution is -2.52. The molecule has 0 unspecified atom stereocenters. The molecule has 9 nitrogen and oxygen atoms in total. The number of amides is 3. The van der Waals surface area contributed by atoms with E-state index in [-0.39, 0.29) is 5.39 Å². The number of benzene rings is 1. The van der Waals surface area contributed by atoms with Crippen LogP contribution in [0.4, 0.5) is 0 Å². The number of aromatic nitrogens is 2. The minimum absolute atomic E-state index is 0.275. The van der Waals surface area contributed by atoms with Crippen molar-refractivity contribution in [2.75, 3.05) is 5.43 Å². The Labute approximate surface area is 180 Å². The van der Waals surface area contributed by atoms with Crippen LogP contribution in [-0.4, -0.2) is 31.2 Å². The summed E-state index contributed by atoms with van der Waals surface area (Å²) < 4.78 is -1.40. The van der Waals surface area contributed by atoms with Crippen LogP contribution in [0.3, 0.4) is 0 Å². The summed E-state index contributed by atoms with van der Waals surface area (Å²) >= 11 is 16.0. The third kappa shape index (κ3) is 6.06. The molecule has 0 aliphatic heterocycles. The highest BCUT2D eigenvalue weighted by atomic mass is 35.6. The van der Waals surface area contributed by atoms with Gasteiger partial charge in [-0.2, -0.15) is 0 Å². The summed E-state index contributed by atoms with van der Waals surface area (Å²) in [6, 6.07) is 6.65. The SMILES string of the molecule is CCCCCc1nc2ccccc2c(=O)n1NC(=O)C(=O)NNC(=O)C(Cl)(Cl)Cl. The Balaban J connectivity index is 2.24. The maximum absolute atomic E-state index is 12.8. The number of halogens is 3. The Morgan fingerprint density at radius 3 is 2.41 bits per heavy atom. The molecule has 3 N–H and O–H groups in total. The number of carbonyl (C=O) groups is 3. The second-order valence-corrected chi connectivity index (χ2v) is 8.27. The number of fused-ring (bicyclic) bond motifs is 1. The number of hydrogen-bond donors (Lipinski definition) is 3. The van der Waals surface area contributed by atoms with Gasteiger partial charge in [0.25, 0.3) is 15.3 Å². The Kier molecular flexibility index (Phi) is 7.83. The van der Waals surface area contributed by atoms with E-state index in [1.165, 1.54) is 0 Å². The van der Waals surface area contributed by atoms with Crippen LogP contribution >= 0.6 is 34.8 Å². The third-order valence-electron chi connectivity index (χ3n) is 3.82. The fraction of sp³-hybridized carbons (Fsp3) is 0.353. The van der Waals surface area contributed by atoms with E-state index in [2.05, 4.69) is 10.4 Å². The number of unbranched alkanes of at least 4 members (excludes halogenated alkanes) is 2. The van der Waals surface area contributed by atoms with Crippen LogP contribution in [0.1, 0.15) is 32.0 Å². The lowest BCUT2D eigenvalue weighted by atomic mass is 10.2. The fourth-order valence-electron chi connectivity index (χ4n) is 2.39. The van der Waals surface area contributed by atoms with Crippen molar-refractivity contribution in [1.82, 2.24) is 20.5 Å². The smallest absolute Gasteiger partial charge is 0.268 e. The molecule has 0 spiro atoms. The molecule has 156 valence electrons. The van der Waals surface area contributed by atoms with Crippen molar-refractivity contribution >= 4 is 63.4 Å². The normalized spacial score (nSPS) is 11.2. The first kappa shape index (κ1) is 22.9. The van der Waals surface area contributed by atoms with Crippen LogP contribution < -0.4 is 21.8 Å². The molecule has 0 saturated heterocycles. The molecule has 2 aromatic rings. The lowest BCUT2D eigenvalue weighted by Gasteiger charge is -2.15. The van der Waals surface area contributed by atoms with Gasteiger partial charge in [-0.1, -0.05) is 66.7 Å². The summed E-state index contributed by atoms with van der Waals surface area (Å²) in [5, 5.41) is 0.275. The number of nitrogens with one attached hydrogen (secondary N) is 3. The van der Waals surface area contributed by atoms with Gasteiger partial charge in [-0.3, -0.25) is 35.5 Å². The van der Waals surface area contributed by atoms with E-state index in [1.807, 2.05) is 6.92 Å². The molecule has 0 atom stereocenters. The first-order valence-electron chi connectivity index (χ1n) is 8.64. The average Bonchev–Trinajstić information content (AvgIpc) is 2.67. The van der Waals surface area contributed by atoms with Crippen molar-refractivity contribution in [3.63, 3.8) is 0 Å². The molecule has 1 aromatic carbocycles. The number of rotatable bonds is 5. The minimum Gasteiger partial charge on any atom is -0.268 e. The average molecular weight is 463 g/mol. The second-order valence-electron chi connectivity index (χ2n) is 5.99. The van der Waals surface area contributed by atoms with E-state index in [0.717, 1.165) is 23.9 Å². The lowest BCUT2D eigenvalue weighted by molar-refractivity contribution is -0.138. The highest BCUT2D eigenvalue weighted by Crippen LogP contribution is 2.25. The van der Waals surface area contributed by atoms with Crippen molar-refractivity contribution in [1.29, 1.82) is 0 Å². The molecule has 1 aromatic heterocycles. The molecule has 0 radical (unpaired) electrons. The summed E-state index contributed by atoms with van der Waals surface area (Å²) in [7, 11) is 0. The van der Waals surface area contributed by atoms with E-state index in [4.69, 9.17) is 34.8 Å². The number of alkyl halides is 3. The molecular weight excluding hydrogens is 445 g/mol. The van der Waals surface area contributed by atoms with Crippen molar-refractivity contribution in [2.24, 2.45) is 0 Å². The second kappa shape index (κ2) is 9.91. The number of hydrazine groups is 1. The fourth-order valence-corrected chi connectivity index (χ4v) is 2.53. The van der Waals surface area contributed by atoms with Crippen molar-refractivity contribution in [2.45, 2.75) is 36.4 Å². The summed E-state index contributed by atoms with van der Waals surface area (Å²) in [6.45, 7) is 2.03. The van der Waals surface area contributed by atoms with E-state index in [0.29, 0.717) is 17.8 Å². The number of carbonyl (C=O) groups excluding carboxylic acids is 3. The Morgan fingerprint density at radius 2 is 1.76 bits per heavy atom. The van der Waals surface area contributed by atoms with Gasteiger partial charge >= 0.3 is 11.8 Å². The van der Waals surface area contributed by atoms with Crippen LogP contribution in [0.2, 0.25) is 0 Å². The van der Waals surface area contributed by atoms with Gasteiger partial charge in [-0.15, -0.1) is 0 Å². The molecule has 0 bridgehead atoms. The first-order chi connectivity index (χ1) is 13.6. The maximum atomic E-state index is 12.8. The summed E-state index contributed by atoms with van der Waals surface area (Å²) in [5.41, 5.74) is 5.74. The zero-order chi connectivity index (χ0) is 21.6. The maximum Gasteiger partial charge on any atom is 0.330 e. The number of aryl methyl sites for hydroxylation is 1. The molecule has 0 saturated carbocycles. The highest BCUT2D eigenvalue weighted by Gasteiger charge is 2.31. The monoisotopic (exact) mass is 461 g/mol. The number of hydrogen-bond acceptors (Lipinski definition) is 5. The van der Waals surface area contributed by atoms with Crippen LogP contribution in [-0.2, 0) is 20.8 Å². The molecule has 0 fully saturated rings. The Hall–Kier alpha value is -2.36. The molecular formula is C17H18Cl3N5O4. The molecule has 29 heavy (non-hydrogen) atoms. The summed E-state index contributed by atoms with van der Waals surface area (Å²) in [6.07, 6.45) is 3.01. The van der Waals surface area contributed by atoms with Crippen LogP contribution in [0, 0.1) is 0 Å². The van der Waals surface area contributed by atoms with Gasteiger partial charge in [0.2, 0.25) is 0 Å². The molecule has 0 aliphatic carbocycles. The predicted molar refractivity (Wildman–Crippen MR) is 110 cm³/mol. The van der Waals surface area contributed by atoms with E-state index >= 15 is 0 Å². The number of para-hydroxylation sites is 1.